The molecule has 23 heavy (non-hydrogen) atoms. The van der Waals surface area contributed by atoms with E-state index in [2.05, 4.69) is 37.2 Å². The predicted molar refractivity (Wildman–Crippen MR) is 96.7 cm³/mol. The molecule has 0 bridgehead atoms. The van der Waals surface area contributed by atoms with Crippen molar-refractivity contribution in [2.75, 3.05) is 14.2 Å². The molecule has 1 N–H and O–H groups in total. The number of nitrogens with one attached hydrogen (secondary N) is 1. The number of benzene rings is 2. The van der Waals surface area contributed by atoms with Crippen LogP contribution in [0.5, 0.6) is 5.75 Å². The van der Waals surface area contributed by atoms with Crippen LogP contribution in [0, 0.1) is 0 Å². The number of carbonyl (C=O) groups is 1. The fourth-order valence-corrected chi connectivity index (χ4v) is 3.55. The summed E-state index contributed by atoms with van der Waals surface area (Å²) >= 11 is 7.01. The van der Waals surface area contributed by atoms with Crippen LogP contribution >= 0.6 is 31.9 Å². The van der Waals surface area contributed by atoms with E-state index in [1.807, 2.05) is 24.3 Å². The average molecular weight is 443 g/mol. The van der Waals surface area contributed by atoms with Crippen LogP contribution in [0.25, 0.3) is 0 Å². The van der Waals surface area contributed by atoms with Gasteiger partial charge in [-0.2, -0.15) is 0 Å². The molecule has 0 saturated heterocycles. The number of halogens is 2. The van der Waals surface area contributed by atoms with Crippen molar-refractivity contribution in [2.24, 2.45) is 0 Å². The normalized spacial score (nSPS) is 10.4. The lowest BCUT2D eigenvalue weighted by molar-refractivity contribution is 0.0600. The zero-order valence-corrected chi connectivity index (χ0v) is 16.0. The highest BCUT2D eigenvalue weighted by molar-refractivity contribution is 9.11. The van der Waals surface area contributed by atoms with Gasteiger partial charge in [0.25, 0.3) is 0 Å². The number of carbonyl (C=O) groups excluding carboxylic acids is 1. The quantitative estimate of drug-likeness (QED) is 0.677. The van der Waals surface area contributed by atoms with Gasteiger partial charge in [-0.25, -0.2) is 4.79 Å². The molecule has 0 aliphatic rings. The maximum absolute atomic E-state index is 11.6. The van der Waals surface area contributed by atoms with Gasteiger partial charge in [-0.15, -0.1) is 0 Å². The first-order chi connectivity index (χ1) is 11.0. The molecule has 2 rings (SSSR count). The van der Waals surface area contributed by atoms with Gasteiger partial charge >= 0.3 is 5.97 Å². The van der Waals surface area contributed by atoms with Gasteiger partial charge < -0.3 is 14.8 Å². The molecule has 0 amide bonds. The van der Waals surface area contributed by atoms with Crippen molar-refractivity contribution >= 4 is 37.8 Å². The molecular weight excluding hydrogens is 426 g/mol. The van der Waals surface area contributed by atoms with Gasteiger partial charge in [-0.1, -0.05) is 44.0 Å². The summed E-state index contributed by atoms with van der Waals surface area (Å²) in [6.07, 6.45) is 0. The Morgan fingerprint density at radius 3 is 2.17 bits per heavy atom. The van der Waals surface area contributed by atoms with Crippen molar-refractivity contribution in [1.82, 2.24) is 5.32 Å². The number of esters is 1. The Balaban J connectivity index is 2.01. The van der Waals surface area contributed by atoms with Crippen LogP contribution in [0.3, 0.4) is 0 Å². The van der Waals surface area contributed by atoms with Crippen molar-refractivity contribution in [2.45, 2.75) is 13.1 Å². The molecule has 0 saturated carbocycles. The molecule has 2 aromatic carbocycles. The maximum Gasteiger partial charge on any atom is 0.337 e. The third-order valence-corrected chi connectivity index (χ3v) is 4.77. The number of methoxy groups -OCH3 is 2. The van der Waals surface area contributed by atoms with Crippen molar-refractivity contribution in [1.29, 1.82) is 0 Å². The number of hydrogen-bond donors (Lipinski definition) is 1. The smallest absolute Gasteiger partial charge is 0.337 e. The lowest BCUT2D eigenvalue weighted by Crippen LogP contribution is -2.14. The topological polar surface area (TPSA) is 47.6 Å². The van der Waals surface area contributed by atoms with Crippen LogP contribution in [0.4, 0.5) is 0 Å². The summed E-state index contributed by atoms with van der Waals surface area (Å²) in [7, 11) is 3.02. The highest BCUT2D eigenvalue weighted by Crippen LogP contribution is 2.28. The number of rotatable bonds is 6. The third kappa shape index (κ3) is 4.80. The Kier molecular flexibility index (Phi) is 6.62. The fourth-order valence-electron chi connectivity index (χ4n) is 2.08. The Hall–Kier alpha value is -1.37. The van der Waals surface area contributed by atoms with Gasteiger partial charge in [-0.05, 0) is 35.4 Å². The van der Waals surface area contributed by atoms with Gasteiger partial charge in [0.2, 0.25) is 0 Å². The van der Waals surface area contributed by atoms with E-state index < -0.39 is 0 Å². The second-order valence-corrected chi connectivity index (χ2v) is 6.57. The standard InChI is InChI=1S/C17H17Br2NO3/c1-22-13-5-3-11(4-6-13)9-20-10-14-15(18)7-12(8-16(14)19)17(21)23-2/h3-8,20H,9-10H2,1-2H3. The van der Waals surface area contributed by atoms with E-state index in [9.17, 15) is 4.79 Å². The van der Waals surface area contributed by atoms with Gasteiger partial charge in [0.1, 0.15) is 5.75 Å². The van der Waals surface area contributed by atoms with Crippen LogP contribution in [0.2, 0.25) is 0 Å². The Bertz CT molecular complexity index is 664. The van der Waals surface area contributed by atoms with Crippen molar-refractivity contribution in [3.05, 3.63) is 62.0 Å². The maximum atomic E-state index is 11.6. The van der Waals surface area contributed by atoms with Crippen LogP contribution < -0.4 is 10.1 Å². The van der Waals surface area contributed by atoms with Crippen LogP contribution in [0.15, 0.2) is 45.3 Å². The second-order valence-electron chi connectivity index (χ2n) is 4.86. The highest BCUT2D eigenvalue weighted by Gasteiger charge is 2.12. The van der Waals surface area contributed by atoms with E-state index in [-0.39, 0.29) is 5.97 Å². The SMILES string of the molecule is COC(=O)c1cc(Br)c(CNCc2ccc(OC)cc2)c(Br)c1. The molecule has 4 nitrogen and oxygen atoms in total. The lowest BCUT2D eigenvalue weighted by Gasteiger charge is -2.11. The first-order valence-electron chi connectivity index (χ1n) is 6.95. The summed E-state index contributed by atoms with van der Waals surface area (Å²) in [4.78, 5) is 11.6. The van der Waals surface area contributed by atoms with Crippen LogP contribution in [0.1, 0.15) is 21.5 Å². The molecule has 2 aromatic rings. The molecule has 0 radical (unpaired) electrons. The van der Waals surface area contributed by atoms with Crippen LogP contribution in [-0.4, -0.2) is 20.2 Å². The minimum atomic E-state index is -0.357. The van der Waals surface area contributed by atoms with E-state index in [1.165, 1.54) is 12.7 Å². The van der Waals surface area contributed by atoms with E-state index in [0.717, 1.165) is 26.8 Å². The molecule has 0 spiro atoms. The summed E-state index contributed by atoms with van der Waals surface area (Å²) in [5, 5.41) is 3.38. The molecule has 0 aromatic heterocycles. The molecular formula is C17H17Br2NO3. The number of hydrogen-bond acceptors (Lipinski definition) is 4. The van der Waals surface area contributed by atoms with Crippen LogP contribution in [-0.2, 0) is 17.8 Å². The molecule has 122 valence electrons. The summed E-state index contributed by atoms with van der Waals surface area (Å²) in [6, 6.07) is 11.5. The lowest BCUT2D eigenvalue weighted by atomic mass is 10.1. The minimum absolute atomic E-state index is 0.357. The van der Waals surface area contributed by atoms with Gasteiger partial charge in [0.15, 0.2) is 0 Å². The summed E-state index contributed by atoms with van der Waals surface area (Å²) in [5.41, 5.74) is 2.72. The fraction of sp³-hybridized carbons (Fsp3) is 0.235. The average Bonchev–Trinajstić information content (AvgIpc) is 2.56. The molecule has 0 unspecified atom stereocenters. The van der Waals surface area contributed by atoms with E-state index in [0.29, 0.717) is 12.1 Å². The second kappa shape index (κ2) is 8.47. The molecule has 6 heteroatoms. The van der Waals surface area contributed by atoms with Gasteiger partial charge in [-0.3, -0.25) is 0 Å². The summed E-state index contributed by atoms with van der Waals surface area (Å²) in [5.74, 6) is 0.488. The third-order valence-electron chi connectivity index (χ3n) is 3.35. The minimum Gasteiger partial charge on any atom is -0.497 e. The highest BCUT2D eigenvalue weighted by atomic mass is 79.9. The Morgan fingerprint density at radius 1 is 1.04 bits per heavy atom. The summed E-state index contributed by atoms with van der Waals surface area (Å²) < 4.78 is 11.6. The monoisotopic (exact) mass is 441 g/mol. The zero-order valence-electron chi connectivity index (χ0n) is 12.9. The van der Waals surface area contributed by atoms with Gasteiger partial charge in [0.05, 0.1) is 19.8 Å². The van der Waals surface area contributed by atoms with E-state index in [4.69, 9.17) is 9.47 Å². The first-order valence-corrected chi connectivity index (χ1v) is 8.53. The van der Waals surface area contributed by atoms with Crippen molar-refractivity contribution < 1.29 is 14.3 Å². The van der Waals surface area contributed by atoms with Gasteiger partial charge in [0, 0.05) is 22.0 Å². The largest absolute Gasteiger partial charge is 0.497 e. The van der Waals surface area contributed by atoms with E-state index >= 15 is 0 Å². The van der Waals surface area contributed by atoms with Crippen molar-refractivity contribution in [3.8, 4) is 5.75 Å². The Morgan fingerprint density at radius 2 is 1.65 bits per heavy atom. The molecule has 0 aliphatic heterocycles. The first kappa shape index (κ1) is 18.0. The predicted octanol–water partition coefficient (Wildman–Crippen LogP) is 4.30. The molecule has 0 fully saturated rings. The number of ether oxygens (including phenoxy) is 2. The Labute approximate surface area is 152 Å². The molecule has 0 heterocycles. The zero-order chi connectivity index (χ0) is 16.8. The van der Waals surface area contributed by atoms with E-state index in [1.54, 1.807) is 19.2 Å². The molecule has 0 atom stereocenters. The summed E-state index contributed by atoms with van der Waals surface area (Å²) in [6.45, 7) is 1.40. The molecule has 0 aliphatic carbocycles. The van der Waals surface area contributed by atoms with Crippen molar-refractivity contribution in [3.63, 3.8) is 0 Å².